The standard InChI is InChI=1S/C16H21NO5S/c1-4-21-14-8-7-12(2)10-16(14)23(18,19)17-11-15(20-3)13-6-5-9-22-13/h5-10,15,17H,4,11H2,1-3H3/t15-/m0/s1. The van der Waals surface area contributed by atoms with Gasteiger partial charge in [0.05, 0.1) is 12.9 Å². The van der Waals surface area contributed by atoms with Crippen molar-refractivity contribution in [3.05, 3.63) is 47.9 Å². The maximum absolute atomic E-state index is 12.6. The third kappa shape index (κ3) is 4.34. The van der Waals surface area contributed by atoms with Gasteiger partial charge < -0.3 is 13.9 Å². The maximum Gasteiger partial charge on any atom is 0.244 e. The molecular weight excluding hydrogens is 318 g/mol. The van der Waals surface area contributed by atoms with E-state index in [0.717, 1.165) is 5.56 Å². The highest BCUT2D eigenvalue weighted by Gasteiger charge is 2.23. The molecule has 7 heteroatoms. The second-order valence-electron chi connectivity index (χ2n) is 4.97. The molecule has 0 radical (unpaired) electrons. The van der Waals surface area contributed by atoms with Gasteiger partial charge in [0.1, 0.15) is 22.5 Å². The van der Waals surface area contributed by atoms with Crippen LogP contribution in [-0.2, 0) is 14.8 Å². The summed E-state index contributed by atoms with van der Waals surface area (Å²) >= 11 is 0. The first kappa shape index (κ1) is 17.5. The predicted molar refractivity (Wildman–Crippen MR) is 86.0 cm³/mol. The van der Waals surface area contributed by atoms with Gasteiger partial charge >= 0.3 is 0 Å². The van der Waals surface area contributed by atoms with E-state index in [0.29, 0.717) is 18.1 Å². The van der Waals surface area contributed by atoms with Crippen LogP contribution >= 0.6 is 0 Å². The molecule has 0 aliphatic heterocycles. The number of methoxy groups -OCH3 is 1. The van der Waals surface area contributed by atoms with Crippen LogP contribution in [0.2, 0.25) is 0 Å². The Morgan fingerprint density at radius 3 is 2.70 bits per heavy atom. The van der Waals surface area contributed by atoms with Crippen LogP contribution in [0.25, 0.3) is 0 Å². The lowest BCUT2D eigenvalue weighted by molar-refractivity contribution is 0.0878. The summed E-state index contributed by atoms with van der Waals surface area (Å²) in [6.07, 6.45) is 1.02. The summed E-state index contributed by atoms with van der Waals surface area (Å²) in [7, 11) is -2.23. The fraction of sp³-hybridized carbons (Fsp3) is 0.375. The number of aryl methyl sites for hydroxylation is 1. The van der Waals surface area contributed by atoms with Gasteiger partial charge in [-0.1, -0.05) is 6.07 Å². The molecule has 1 aromatic carbocycles. The van der Waals surface area contributed by atoms with Crippen LogP contribution in [0.4, 0.5) is 0 Å². The van der Waals surface area contributed by atoms with Gasteiger partial charge in [-0.25, -0.2) is 13.1 Å². The highest BCUT2D eigenvalue weighted by Crippen LogP contribution is 2.25. The molecule has 0 saturated carbocycles. The lowest BCUT2D eigenvalue weighted by atomic mass is 10.2. The zero-order valence-electron chi connectivity index (χ0n) is 13.4. The van der Waals surface area contributed by atoms with Crippen LogP contribution in [0.15, 0.2) is 45.9 Å². The van der Waals surface area contributed by atoms with Gasteiger partial charge in [0.15, 0.2) is 0 Å². The van der Waals surface area contributed by atoms with E-state index in [1.165, 1.54) is 13.4 Å². The van der Waals surface area contributed by atoms with E-state index < -0.39 is 16.1 Å². The first-order valence-electron chi connectivity index (χ1n) is 7.27. The van der Waals surface area contributed by atoms with Crippen molar-refractivity contribution in [2.45, 2.75) is 24.8 Å². The third-order valence-corrected chi connectivity index (χ3v) is 4.74. The van der Waals surface area contributed by atoms with Crippen molar-refractivity contribution in [1.82, 2.24) is 4.72 Å². The highest BCUT2D eigenvalue weighted by molar-refractivity contribution is 7.89. The Morgan fingerprint density at radius 2 is 2.09 bits per heavy atom. The SMILES string of the molecule is CCOc1ccc(C)cc1S(=O)(=O)NC[C@H](OC)c1ccco1. The normalized spacial score (nSPS) is 13.0. The average Bonchev–Trinajstić information content (AvgIpc) is 3.04. The van der Waals surface area contributed by atoms with Crippen molar-refractivity contribution >= 4 is 10.0 Å². The summed E-state index contributed by atoms with van der Waals surface area (Å²) in [5.74, 6) is 0.891. The molecule has 2 rings (SSSR count). The van der Waals surface area contributed by atoms with E-state index >= 15 is 0 Å². The molecule has 0 fully saturated rings. The molecular formula is C16H21NO5S. The molecule has 1 heterocycles. The van der Waals surface area contributed by atoms with Crippen molar-refractivity contribution in [2.24, 2.45) is 0 Å². The fourth-order valence-corrected chi connectivity index (χ4v) is 3.40. The van der Waals surface area contributed by atoms with E-state index in [-0.39, 0.29) is 11.4 Å². The van der Waals surface area contributed by atoms with Crippen LogP contribution in [0.3, 0.4) is 0 Å². The zero-order chi connectivity index (χ0) is 16.9. The average molecular weight is 339 g/mol. The van der Waals surface area contributed by atoms with Gasteiger partial charge in [0, 0.05) is 13.7 Å². The molecule has 0 spiro atoms. The van der Waals surface area contributed by atoms with Gasteiger partial charge in [-0.3, -0.25) is 0 Å². The molecule has 23 heavy (non-hydrogen) atoms. The lowest BCUT2D eigenvalue weighted by Gasteiger charge is -2.16. The summed E-state index contributed by atoms with van der Waals surface area (Å²) in [6.45, 7) is 4.08. The lowest BCUT2D eigenvalue weighted by Crippen LogP contribution is -2.29. The molecule has 0 bridgehead atoms. The van der Waals surface area contributed by atoms with E-state index in [1.54, 1.807) is 24.3 Å². The van der Waals surface area contributed by atoms with Gasteiger partial charge in [0.25, 0.3) is 0 Å². The van der Waals surface area contributed by atoms with Crippen LogP contribution in [0, 0.1) is 6.92 Å². The Hall–Kier alpha value is -1.83. The monoisotopic (exact) mass is 339 g/mol. The quantitative estimate of drug-likeness (QED) is 0.800. The van der Waals surface area contributed by atoms with Crippen molar-refractivity contribution < 1.29 is 22.3 Å². The maximum atomic E-state index is 12.6. The molecule has 0 aliphatic carbocycles. The number of ether oxygens (including phenoxy) is 2. The fourth-order valence-electron chi connectivity index (χ4n) is 2.14. The van der Waals surface area contributed by atoms with Crippen molar-refractivity contribution in [3.63, 3.8) is 0 Å². The Balaban J connectivity index is 2.20. The molecule has 126 valence electrons. The highest BCUT2D eigenvalue weighted by atomic mass is 32.2. The molecule has 0 saturated heterocycles. The number of rotatable bonds is 8. The van der Waals surface area contributed by atoms with E-state index in [2.05, 4.69) is 4.72 Å². The van der Waals surface area contributed by atoms with Crippen LogP contribution in [-0.4, -0.2) is 28.7 Å². The molecule has 2 aromatic rings. The van der Waals surface area contributed by atoms with Crippen molar-refractivity contribution in [2.75, 3.05) is 20.3 Å². The summed E-state index contributed by atoms with van der Waals surface area (Å²) in [5, 5.41) is 0. The van der Waals surface area contributed by atoms with Crippen molar-refractivity contribution in [3.8, 4) is 5.75 Å². The summed E-state index contributed by atoms with van der Waals surface area (Å²) < 4.78 is 43.7. The van der Waals surface area contributed by atoms with Gasteiger partial charge in [-0.15, -0.1) is 0 Å². The largest absolute Gasteiger partial charge is 0.492 e. The molecule has 0 aliphatic rings. The Bertz CT molecular complexity index is 725. The summed E-state index contributed by atoms with van der Waals surface area (Å²) in [5.41, 5.74) is 0.836. The number of hydrogen-bond acceptors (Lipinski definition) is 5. The van der Waals surface area contributed by atoms with Crippen molar-refractivity contribution in [1.29, 1.82) is 0 Å². The molecule has 6 nitrogen and oxygen atoms in total. The number of nitrogens with one attached hydrogen (secondary N) is 1. The van der Waals surface area contributed by atoms with Gasteiger partial charge in [0.2, 0.25) is 10.0 Å². The van der Waals surface area contributed by atoms with E-state index in [1.807, 2.05) is 19.9 Å². The second-order valence-corrected chi connectivity index (χ2v) is 6.71. The predicted octanol–water partition coefficient (Wildman–Crippen LogP) is 2.65. The molecule has 0 amide bonds. The molecule has 1 aromatic heterocycles. The third-order valence-electron chi connectivity index (χ3n) is 3.29. The van der Waals surface area contributed by atoms with E-state index in [4.69, 9.17) is 13.9 Å². The van der Waals surface area contributed by atoms with Crippen LogP contribution < -0.4 is 9.46 Å². The van der Waals surface area contributed by atoms with Crippen LogP contribution in [0.5, 0.6) is 5.75 Å². The second kappa shape index (κ2) is 7.63. The smallest absolute Gasteiger partial charge is 0.244 e. The molecule has 1 atom stereocenters. The van der Waals surface area contributed by atoms with Crippen LogP contribution in [0.1, 0.15) is 24.4 Å². The minimum Gasteiger partial charge on any atom is -0.492 e. The Kier molecular flexibility index (Phi) is 5.81. The molecule has 0 unspecified atom stereocenters. The van der Waals surface area contributed by atoms with Gasteiger partial charge in [-0.05, 0) is 43.7 Å². The number of benzene rings is 1. The summed E-state index contributed by atoms with van der Waals surface area (Å²) in [4.78, 5) is 0.119. The Morgan fingerprint density at radius 1 is 1.30 bits per heavy atom. The Labute approximate surface area is 136 Å². The minimum absolute atomic E-state index is 0.0614. The number of sulfonamides is 1. The minimum atomic E-state index is -3.73. The first-order chi connectivity index (χ1) is 11.0. The first-order valence-corrected chi connectivity index (χ1v) is 8.75. The van der Waals surface area contributed by atoms with E-state index in [9.17, 15) is 8.42 Å². The van der Waals surface area contributed by atoms with Gasteiger partial charge in [-0.2, -0.15) is 0 Å². The number of hydrogen-bond donors (Lipinski definition) is 1. The number of furan rings is 1. The zero-order valence-corrected chi connectivity index (χ0v) is 14.2. The molecule has 1 N–H and O–H groups in total. The summed E-state index contributed by atoms with van der Waals surface area (Å²) in [6, 6.07) is 8.52. The topological polar surface area (TPSA) is 77.8 Å².